The maximum atomic E-state index is 10.9. The summed E-state index contributed by atoms with van der Waals surface area (Å²) >= 11 is 3.02. The number of halogens is 1. The van der Waals surface area contributed by atoms with Gasteiger partial charge in [0.25, 0.3) is 0 Å². The number of carbonyl (C=O) groups is 2. The van der Waals surface area contributed by atoms with Gasteiger partial charge in [-0.3, -0.25) is 10.1 Å². The quantitative estimate of drug-likeness (QED) is 0.554. The Morgan fingerprint density at radius 3 is 2.10 bits per heavy atom. The third kappa shape index (κ3) is 4.39. The fraction of sp³-hybridized carbons (Fsp3) is 0.200. The topological polar surface area (TPSA) is 136 Å². The summed E-state index contributed by atoms with van der Waals surface area (Å²) in [6.07, 6.45) is 0. The Morgan fingerprint density at radius 1 is 1.15 bits per heavy atom. The second kappa shape index (κ2) is 6.70. The molecule has 0 aliphatic heterocycles. The minimum Gasteiger partial charge on any atom is -0.480 e. The number of nitrogens with zero attached hydrogens (tertiary/aromatic N) is 1. The second-order valence-electron chi connectivity index (χ2n) is 3.37. The highest BCUT2D eigenvalue weighted by atomic mass is 79.9. The number of nitro benzene ring substituents is 1. The van der Waals surface area contributed by atoms with Gasteiger partial charge in [0.05, 0.1) is 15.5 Å². The molecule has 9 nitrogen and oxygen atoms in total. The molecule has 1 aromatic rings. The van der Waals surface area contributed by atoms with Crippen LogP contribution >= 0.6 is 15.9 Å². The first kappa shape index (κ1) is 15.7. The van der Waals surface area contributed by atoms with Crippen molar-refractivity contribution in [3.05, 3.63) is 26.7 Å². The molecule has 0 atom stereocenters. The van der Waals surface area contributed by atoms with Crippen LogP contribution in [0.5, 0.6) is 11.5 Å². The van der Waals surface area contributed by atoms with Crippen molar-refractivity contribution in [1.29, 1.82) is 0 Å². The van der Waals surface area contributed by atoms with Gasteiger partial charge in [0.2, 0.25) is 0 Å². The minimum absolute atomic E-state index is 0.0678. The molecule has 0 radical (unpaired) electrons. The number of aliphatic carboxylic acids is 2. The highest BCUT2D eigenvalue weighted by molar-refractivity contribution is 9.10. The highest BCUT2D eigenvalue weighted by Gasteiger charge is 2.20. The first-order valence-corrected chi connectivity index (χ1v) is 5.77. The van der Waals surface area contributed by atoms with Crippen LogP contribution in [0.15, 0.2) is 16.6 Å². The lowest BCUT2D eigenvalue weighted by atomic mass is 10.3. The lowest BCUT2D eigenvalue weighted by Gasteiger charge is -2.09. The molecular formula is C10H8BrNO8. The van der Waals surface area contributed by atoms with Gasteiger partial charge in [0.15, 0.2) is 19.0 Å². The first-order chi connectivity index (χ1) is 9.31. The maximum absolute atomic E-state index is 10.9. The zero-order valence-corrected chi connectivity index (χ0v) is 11.3. The predicted molar refractivity (Wildman–Crippen MR) is 67.1 cm³/mol. The monoisotopic (exact) mass is 349 g/mol. The molecule has 0 saturated heterocycles. The average molecular weight is 350 g/mol. The number of hydrogen-bond donors (Lipinski definition) is 2. The smallest absolute Gasteiger partial charge is 0.341 e. The van der Waals surface area contributed by atoms with Crippen LogP contribution in [0.1, 0.15) is 0 Å². The van der Waals surface area contributed by atoms with Gasteiger partial charge in [-0.05, 0) is 15.9 Å². The summed E-state index contributed by atoms with van der Waals surface area (Å²) in [5.74, 6) is -2.87. The normalized spacial score (nSPS) is 9.85. The van der Waals surface area contributed by atoms with Crippen LogP contribution in [0.3, 0.4) is 0 Å². The van der Waals surface area contributed by atoms with Crippen molar-refractivity contribution in [3.63, 3.8) is 0 Å². The summed E-state index contributed by atoms with van der Waals surface area (Å²) in [4.78, 5) is 30.8. The Labute approximate surface area is 120 Å². The molecule has 0 fully saturated rings. The van der Waals surface area contributed by atoms with E-state index in [-0.39, 0.29) is 16.0 Å². The molecule has 0 aliphatic rings. The van der Waals surface area contributed by atoms with Gasteiger partial charge < -0.3 is 19.7 Å². The maximum Gasteiger partial charge on any atom is 0.341 e. The number of ether oxygens (including phenoxy) is 2. The van der Waals surface area contributed by atoms with E-state index < -0.39 is 35.8 Å². The summed E-state index contributed by atoms with van der Waals surface area (Å²) < 4.78 is 9.82. The van der Waals surface area contributed by atoms with Crippen LogP contribution in [-0.4, -0.2) is 40.3 Å². The zero-order chi connectivity index (χ0) is 15.3. The molecule has 0 aromatic heterocycles. The molecule has 108 valence electrons. The Hall–Kier alpha value is -2.36. The van der Waals surface area contributed by atoms with E-state index >= 15 is 0 Å². The van der Waals surface area contributed by atoms with Gasteiger partial charge in [0.1, 0.15) is 5.75 Å². The van der Waals surface area contributed by atoms with Gasteiger partial charge in [-0.1, -0.05) is 0 Å². The van der Waals surface area contributed by atoms with Crippen LogP contribution < -0.4 is 9.47 Å². The fourth-order valence-electron chi connectivity index (χ4n) is 1.17. The van der Waals surface area contributed by atoms with Gasteiger partial charge in [-0.2, -0.15) is 0 Å². The summed E-state index contributed by atoms with van der Waals surface area (Å²) in [7, 11) is 0. The van der Waals surface area contributed by atoms with E-state index in [0.29, 0.717) is 0 Å². The van der Waals surface area contributed by atoms with Gasteiger partial charge in [-0.15, -0.1) is 0 Å². The summed E-state index contributed by atoms with van der Waals surface area (Å²) in [5.41, 5.74) is -0.533. The van der Waals surface area contributed by atoms with E-state index in [0.717, 1.165) is 12.1 Å². The van der Waals surface area contributed by atoms with Crippen LogP contribution in [-0.2, 0) is 9.59 Å². The zero-order valence-electron chi connectivity index (χ0n) is 9.74. The van der Waals surface area contributed by atoms with E-state index in [2.05, 4.69) is 15.9 Å². The molecule has 0 unspecified atom stereocenters. The van der Waals surface area contributed by atoms with E-state index in [9.17, 15) is 19.7 Å². The van der Waals surface area contributed by atoms with Crippen LogP contribution in [0.25, 0.3) is 0 Å². The Kier molecular flexibility index (Phi) is 5.26. The number of carboxylic acid groups (broad SMARTS) is 2. The average Bonchev–Trinajstić information content (AvgIpc) is 2.34. The third-order valence-corrected chi connectivity index (χ3v) is 2.53. The van der Waals surface area contributed by atoms with Crippen LogP contribution in [0.2, 0.25) is 0 Å². The number of rotatable bonds is 7. The van der Waals surface area contributed by atoms with Crippen molar-refractivity contribution < 1.29 is 34.2 Å². The molecule has 0 heterocycles. The van der Waals surface area contributed by atoms with Crippen molar-refractivity contribution in [2.75, 3.05) is 13.2 Å². The number of carboxylic acids is 2. The SMILES string of the molecule is O=C(O)COc1cc([N+](=O)[O-])c(OCC(=O)O)cc1Br. The lowest BCUT2D eigenvalue weighted by molar-refractivity contribution is -0.385. The standard InChI is InChI=1S/C10H8BrNO8/c11-5-1-8(20-4-10(15)16)6(12(17)18)2-7(5)19-3-9(13)14/h1-2H,3-4H2,(H,13,14)(H,15,16). The van der Waals surface area contributed by atoms with E-state index in [1.54, 1.807) is 0 Å². The lowest BCUT2D eigenvalue weighted by Crippen LogP contribution is -2.12. The Balaban J connectivity index is 3.07. The predicted octanol–water partition coefficient (Wildman–Crippen LogP) is 1.28. The van der Waals surface area contributed by atoms with Crippen LogP contribution in [0, 0.1) is 10.1 Å². The van der Waals surface area contributed by atoms with Crippen molar-refractivity contribution in [3.8, 4) is 11.5 Å². The third-order valence-electron chi connectivity index (χ3n) is 1.91. The largest absolute Gasteiger partial charge is 0.480 e. The summed E-state index contributed by atoms with van der Waals surface area (Å²) in [6, 6.07) is 2.09. The number of nitro groups is 1. The van der Waals surface area contributed by atoms with E-state index in [1.165, 1.54) is 0 Å². The van der Waals surface area contributed by atoms with E-state index in [1.807, 2.05) is 0 Å². The second-order valence-corrected chi connectivity index (χ2v) is 4.23. The molecular weight excluding hydrogens is 342 g/mol. The molecule has 20 heavy (non-hydrogen) atoms. The van der Waals surface area contributed by atoms with Crippen molar-refractivity contribution in [2.24, 2.45) is 0 Å². The molecule has 0 spiro atoms. The first-order valence-electron chi connectivity index (χ1n) is 4.98. The Bertz CT molecular complexity index is 558. The highest BCUT2D eigenvalue weighted by Crippen LogP contribution is 2.37. The van der Waals surface area contributed by atoms with Crippen LogP contribution in [0.4, 0.5) is 5.69 Å². The number of benzene rings is 1. The Morgan fingerprint density at radius 2 is 1.65 bits per heavy atom. The minimum atomic E-state index is -1.29. The number of hydrogen-bond acceptors (Lipinski definition) is 6. The van der Waals surface area contributed by atoms with Gasteiger partial charge >= 0.3 is 17.6 Å². The molecule has 1 rings (SSSR count). The molecule has 0 amide bonds. The molecule has 0 saturated carbocycles. The molecule has 0 bridgehead atoms. The molecule has 1 aromatic carbocycles. The molecule has 10 heteroatoms. The summed E-state index contributed by atoms with van der Waals surface area (Å²) in [6.45, 7) is -1.42. The fourth-order valence-corrected chi connectivity index (χ4v) is 1.61. The molecule has 0 aliphatic carbocycles. The van der Waals surface area contributed by atoms with Crippen molar-refractivity contribution >= 4 is 33.6 Å². The van der Waals surface area contributed by atoms with Crippen molar-refractivity contribution in [2.45, 2.75) is 0 Å². The van der Waals surface area contributed by atoms with Gasteiger partial charge in [0, 0.05) is 6.07 Å². The van der Waals surface area contributed by atoms with E-state index in [4.69, 9.17) is 19.7 Å². The molecule has 2 N–H and O–H groups in total. The summed E-state index contributed by atoms with van der Waals surface area (Å²) in [5, 5.41) is 27.8. The van der Waals surface area contributed by atoms with Crippen molar-refractivity contribution in [1.82, 2.24) is 0 Å². The van der Waals surface area contributed by atoms with Gasteiger partial charge in [-0.25, -0.2) is 9.59 Å².